The van der Waals surface area contributed by atoms with Crippen molar-refractivity contribution in [2.45, 2.75) is 165 Å². The Morgan fingerprint density at radius 2 is 0.706 bits per heavy atom. The lowest BCUT2D eigenvalue weighted by atomic mass is 9.60. The molecule has 0 bridgehead atoms. The summed E-state index contributed by atoms with van der Waals surface area (Å²) >= 11 is 0. The van der Waals surface area contributed by atoms with Crippen LogP contribution in [0.15, 0.2) is 0 Å². The Balaban J connectivity index is 0.000000750. The average Bonchev–Trinajstić information content (AvgIpc) is 2.88. The molecule has 0 heterocycles. The van der Waals surface area contributed by atoms with Crippen molar-refractivity contribution >= 4 is 0 Å². The van der Waals surface area contributed by atoms with Crippen LogP contribution in [-0.4, -0.2) is 0 Å². The molecule has 0 amide bonds. The van der Waals surface area contributed by atoms with Gasteiger partial charge in [0.1, 0.15) is 0 Å². The van der Waals surface area contributed by atoms with Crippen LogP contribution in [-0.2, 0) is 0 Å². The molecule has 34 heavy (non-hydrogen) atoms. The van der Waals surface area contributed by atoms with E-state index in [0.717, 1.165) is 53.3 Å². The van der Waals surface area contributed by atoms with E-state index in [9.17, 15) is 0 Å². The van der Waals surface area contributed by atoms with Gasteiger partial charge in [-0.1, -0.05) is 94.4 Å². The summed E-state index contributed by atoms with van der Waals surface area (Å²) in [7, 11) is 0. The van der Waals surface area contributed by atoms with Crippen molar-refractivity contribution < 1.29 is 0 Å². The first kappa shape index (κ1) is 32.0. The zero-order chi connectivity index (χ0) is 25.5. The number of rotatable bonds is 3. The summed E-state index contributed by atoms with van der Waals surface area (Å²) in [5.74, 6) is 9.59. The van der Waals surface area contributed by atoms with Crippen molar-refractivity contribution in [2.24, 2.45) is 53.3 Å². The normalized spacial score (nSPS) is 40.3. The van der Waals surface area contributed by atoms with Crippen LogP contribution in [0.5, 0.6) is 0 Å². The molecule has 0 aliphatic heterocycles. The molecule has 0 aromatic rings. The largest absolute Gasteiger partial charge is 0.0683 e. The van der Waals surface area contributed by atoms with E-state index in [-0.39, 0.29) is 0 Å². The maximum atomic E-state index is 2.64. The Bertz CT molecular complexity index is 443. The molecule has 0 radical (unpaired) electrons. The molecule has 4 aliphatic carbocycles. The van der Waals surface area contributed by atoms with Crippen LogP contribution >= 0.6 is 0 Å². The van der Waals surface area contributed by atoms with Crippen molar-refractivity contribution in [1.29, 1.82) is 0 Å². The second-order valence-corrected chi connectivity index (χ2v) is 12.6. The highest BCUT2D eigenvalue weighted by atomic mass is 14.4. The molecule has 0 nitrogen and oxygen atoms in total. The first-order valence-corrected chi connectivity index (χ1v) is 16.5. The van der Waals surface area contributed by atoms with Crippen molar-refractivity contribution in [1.82, 2.24) is 0 Å². The smallest absolute Gasteiger partial charge is 0.0360 e. The van der Waals surface area contributed by atoms with E-state index in [0.29, 0.717) is 0 Å². The van der Waals surface area contributed by atoms with E-state index in [1.54, 1.807) is 70.6 Å². The van der Waals surface area contributed by atoms with Gasteiger partial charge in [-0.15, -0.1) is 0 Å². The van der Waals surface area contributed by atoms with E-state index in [1.807, 2.05) is 27.7 Å². The summed E-state index contributed by atoms with van der Waals surface area (Å²) in [5, 5.41) is 0. The topological polar surface area (TPSA) is 0 Å². The standard InChI is InChI=1S/C27H48.C3H8.2C2H6/c1-19-4-8-22(9-5-19)23-12-14-25(15-13-23)27-17-16-26(18-21(27)3)24-10-6-20(2)7-11-24;1-3-2;2*1-2/h19-27H,4-18H2,1-3H3;3H2,1-2H3;2*1-2H3. The molecular weight excluding hydrogens is 408 g/mol. The summed E-state index contributed by atoms with van der Waals surface area (Å²) in [5.41, 5.74) is 0. The molecule has 204 valence electrons. The van der Waals surface area contributed by atoms with E-state index in [4.69, 9.17) is 0 Å². The van der Waals surface area contributed by atoms with Gasteiger partial charge >= 0.3 is 0 Å². The lowest BCUT2D eigenvalue weighted by Crippen LogP contribution is -2.35. The van der Waals surface area contributed by atoms with Gasteiger partial charge in [-0.2, -0.15) is 0 Å². The van der Waals surface area contributed by atoms with Crippen LogP contribution < -0.4 is 0 Å². The Labute approximate surface area is 218 Å². The maximum Gasteiger partial charge on any atom is -0.0360 e. The van der Waals surface area contributed by atoms with Crippen LogP contribution in [0, 0.1) is 53.3 Å². The average molecular weight is 477 g/mol. The van der Waals surface area contributed by atoms with Gasteiger partial charge in [0, 0.05) is 0 Å². The second-order valence-electron chi connectivity index (χ2n) is 12.6. The fourth-order valence-corrected chi connectivity index (χ4v) is 8.15. The minimum absolute atomic E-state index is 1.01. The Kier molecular flexibility index (Phi) is 17.2. The van der Waals surface area contributed by atoms with Gasteiger partial charge in [0.25, 0.3) is 0 Å². The minimum atomic E-state index is 1.01. The number of hydrogen-bond donors (Lipinski definition) is 0. The summed E-state index contributed by atoms with van der Waals surface area (Å²) in [6.45, 7) is 19.8. The molecule has 0 heteroatoms. The summed E-state index contributed by atoms with van der Waals surface area (Å²) in [6.07, 6.45) is 24.6. The number of hydrogen-bond acceptors (Lipinski definition) is 0. The predicted octanol–water partition coefficient (Wildman–Crippen LogP) is 12.0. The van der Waals surface area contributed by atoms with E-state index >= 15 is 0 Å². The molecule has 0 aromatic carbocycles. The fourth-order valence-electron chi connectivity index (χ4n) is 8.15. The zero-order valence-corrected chi connectivity index (χ0v) is 25.5. The first-order chi connectivity index (χ1) is 16.5. The van der Waals surface area contributed by atoms with Crippen molar-refractivity contribution in [3.8, 4) is 0 Å². The summed E-state index contributed by atoms with van der Waals surface area (Å²) < 4.78 is 0. The molecule has 0 spiro atoms. The van der Waals surface area contributed by atoms with E-state index < -0.39 is 0 Å². The zero-order valence-electron chi connectivity index (χ0n) is 25.5. The first-order valence-electron chi connectivity index (χ1n) is 16.5. The third-order valence-corrected chi connectivity index (χ3v) is 10.2. The fraction of sp³-hybridized carbons (Fsp3) is 1.00. The minimum Gasteiger partial charge on any atom is -0.0683 e. The van der Waals surface area contributed by atoms with Crippen LogP contribution in [0.4, 0.5) is 0 Å². The molecular formula is C34H68. The quantitative estimate of drug-likeness (QED) is 0.380. The third kappa shape index (κ3) is 10.2. The molecule has 4 saturated carbocycles. The second kappa shape index (κ2) is 18.3. The highest BCUT2D eigenvalue weighted by molar-refractivity contribution is 4.89. The van der Waals surface area contributed by atoms with Gasteiger partial charge in [0.05, 0.1) is 0 Å². The molecule has 3 atom stereocenters. The molecule has 4 aliphatic rings. The molecule has 0 N–H and O–H groups in total. The summed E-state index contributed by atoms with van der Waals surface area (Å²) in [6, 6.07) is 0. The van der Waals surface area contributed by atoms with Crippen LogP contribution in [0.1, 0.15) is 165 Å². The van der Waals surface area contributed by atoms with Gasteiger partial charge in [0.15, 0.2) is 0 Å². The third-order valence-electron chi connectivity index (χ3n) is 10.2. The predicted molar refractivity (Wildman–Crippen MR) is 156 cm³/mol. The van der Waals surface area contributed by atoms with Gasteiger partial charge in [-0.25, -0.2) is 0 Å². The van der Waals surface area contributed by atoms with Crippen LogP contribution in [0.25, 0.3) is 0 Å². The van der Waals surface area contributed by atoms with Gasteiger partial charge in [0.2, 0.25) is 0 Å². The van der Waals surface area contributed by atoms with Crippen LogP contribution in [0.3, 0.4) is 0 Å². The highest BCUT2D eigenvalue weighted by Gasteiger charge is 2.39. The Morgan fingerprint density at radius 1 is 0.412 bits per heavy atom. The van der Waals surface area contributed by atoms with E-state index in [2.05, 4.69) is 34.6 Å². The highest BCUT2D eigenvalue weighted by Crippen LogP contribution is 2.49. The van der Waals surface area contributed by atoms with Crippen LogP contribution in [0.2, 0.25) is 0 Å². The lowest BCUT2D eigenvalue weighted by molar-refractivity contribution is 0.0535. The van der Waals surface area contributed by atoms with Gasteiger partial charge in [-0.05, 0) is 124 Å². The molecule has 4 fully saturated rings. The molecule has 3 unspecified atom stereocenters. The molecule has 0 saturated heterocycles. The lowest BCUT2D eigenvalue weighted by Gasteiger charge is -2.45. The van der Waals surface area contributed by atoms with E-state index in [1.165, 1.54) is 32.1 Å². The summed E-state index contributed by atoms with van der Waals surface area (Å²) in [4.78, 5) is 0. The maximum absolute atomic E-state index is 2.64. The van der Waals surface area contributed by atoms with Crippen molar-refractivity contribution in [3.63, 3.8) is 0 Å². The van der Waals surface area contributed by atoms with Crippen molar-refractivity contribution in [2.75, 3.05) is 0 Å². The SMILES string of the molecule is CC.CC.CC1CCC(C2CCC(C3CCC(C4CCC(C)CC4)CC3C)CC2)CC1.CCC. The van der Waals surface area contributed by atoms with Gasteiger partial charge < -0.3 is 0 Å². The van der Waals surface area contributed by atoms with Gasteiger partial charge in [-0.3, -0.25) is 0 Å². The van der Waals surface area contributed by atoms with Crippen molar-refractivity contribution in [3.05, 3.63) is 0 Å². The Hall–Kier alpha value is 0. The molecule has 0 aromatic heterocycles. The molecule has 4 rings (SSSR count). The monoisotopic (exact) mass is 477 g/mol. The Morgan fingerprint density at radius 3 is 1.09 bits per heavy atom.